The molecular weight excluding hydrogens is 360 g/mol. The van der Waals surface area contributed by atoms with Crippen LogP contribution in [0.5, 0.6) is 6.01 Å². The summed E-state index contributed by atoms with van der Waals surface area (Å²) in [5.41, 5.74) is 1.51. The van der Waals surface area contributed by atoms with Crippen molar-refractivity contribution in [3.8, 4) is 16.6 Å². The van der Waals surface area contributed by atoms with E-state index in [1.165, 1.54) is 11.3 Å². The second-order valence-electron chi connectivity index (χ2n) is 6.50. The van der Waals surface area contributed by atoms with Gasteiger partial charge in [0.2, 0.25) is 0 Å². The number of amides is 1. The maximum Gasteiger partial charge on any atom is 0.316 e. The van der Waals surface area contributed by atoms with Crippen LogP contribution in [0.1, 0.15) is 36.2 Å². The van der Waals surface area contributed by atoms with Gasteiger partial charge in [-0.15, -0.1) is 11.3 Å². The lowest BCUT2D eigenvalue weighted by molar-refractivity contribution is 0.0881. The van der Waals surface area contributed by atoms with Gasteiger partial charge in [0.05, 0.1) is 0 Å². The molecule has 0 saturated heterocycles. The molecule has 2 aromatic heterocycles. The molecule has 2 heterocycles. The van der Waals surface area contributed by atoms with E-state index in [1.807, 2.05) is 35.7 Å². The van der Waals surface area contributed by atoms with E-state index in [4.69, 9.17) is 4.74 Å². The first kappa shape index (κ1) is 17.6. The first-order chi connectivity index (χ1) is 13.3. The zero-order chi connectivity index (χ0) is 18.5. The van der Waals surface area contributed by atoms with E-state index in [2.05, 4.69) is 20.3 Å². The van der Waals surface area contributed by atoms with Gasteiger partial charge in [0, 0.05) is 29.4 Å². The summed E-state index contributed by atoms with van der Waals surface area (Å²) in [4.78, 5) is 25.2. The Morgan fingerprint density at radius 1 is 1.04 bits per heavy atom. The molecule has 7 heteroatoms. The van der Waals surface area contributed by atoms with Crippen molar-refractivity contribution in [2.45, 2.75) is 37.8 Å². The third-order valence-electron chi connectivity index (χ3n) is 4.58. The molecule has 1 N–H and O–H groups in total. The van der Waals surface area contributed by atoms with Gasteiger partial charge in [0.1, 0.15) is 16.8 Å². The smallest absolute Gasteiger partial charge is 0.316 e. The van der Waals surface area contributed by atoms with E-state index in [1.54, 1.807) is 18.5 Å². The standard InChI is InChI=1S/C20H20N4O2S/c25-18(17-13-27-19(24-17)14-5-2-1-3-6-14)23-15-7-9-16(10-8-15)26-20-21-11-4-12-22-20/h1-6,11-13,15-16H,7-10H2,(H,23,25). The fraction of sp³-hybridized carbons (Fsp3) is 0.300. The quantitative estimate of drug-likeness (QED) is 0.730. The summed E-state index contributed by atoms with van der Waals surface area (Å²) >= 11 is 1.49. The Balaban J connectivity index is 1.29. The van der Waals surface area contributed by atoms with Crippen molar-refractivity contribution in [2.24, 2.45) is 0 Å². The van der Waals surface area contributed by atoms with Gasteiger partial charge in [-0.05, 0) is 31.7 Å². The largest absolute Gasteiger partial charge is 0.460 e. The Kier molecular flexibility index (Phi) is 5.39. The molecular formula is C20H20N4O2S. The minimum atomic E-state index is -0.107. The summed E-state index contributed by atoms with van der Waals surface area (Å²) in [6.07, 6.45) is 6.94. The summed E-state index contributed by atoms with van der Waals surface area (Å²) in [5, 5.41) is 5.78. The second-order valence-corrected chi connectivity index (χ2v) is 7.36. The van der Waals surface area contributed by atoms with Crippen LogP contribution >= 0.6 is 11.3 Å². The molecule has 27 heavy (non-hydrogen) atoms. The highest BCUT2D eigenvalue weighted by Crippen LogP contribution is 2.25. The van der Waals surface area contributed by atoms with Crippen molar-refractivity contribution in [2.75, 3.05) is 0 Å². The summed E-state index contributed by atoms with van der Waals surface area (Å²) in [7, 11) is 0. The molecule has 1 aliphatic rings. The molecule has 0 spiro atoms. The third-order valence-corrected chi connectivity index (χ3v) is 5.47. The molecule has 1 amide bonds. The molecule has 3 aromatic rings. The number of nitrogens with zero attached hydrogens (tertiary/aromatic N) is 3. The number of hydrogen-bond donors (Lipinski definition) is 1. The van der Waals surface area contributed by atoms with Crippen LogP contribution in [0, 0.1) is 0 Å². The molecule has 0 atom stereocenters. The Bertz CT molecular complexity index is 877. The number of thiazole rings is 1. The van der Waals surface area contributed by atoms with Crippen molar-refractivity contribution in [3.63, 3.8) is 0 Å². The van der Waals surface area contributed by atoms with Crippen LogP contribution in [0.15, 0.2) is 54.2 Å². The van der Waals surface area contributed by atoms with Crippen molar-refractivity contribution >= 4 is 17.2 Å². The van der Waals surface area contributed by atoms with Crippen LogP contribution in [-0.4, -0.2) is 33.0 Å². The average molecular weight is 380 g/mol. The molecule has 1 saturated carbocycles. The van der Waals surface area contributed by atoms with Gasteiger partial charge in [-0.3, -0.25) is 4.79 Å². The van der Waals surface area contributed by atoms with Gasteiger partial charge in [-0.25, -0.2) is 15.0 Å². The number of ether oxygens (including phenoxy) is 1. The third kappa shape index (κ3) is 4.49. The van der Waals surface area contributed by atoms with Gasteiger partial charge in [-0.2, -0.15) is 0 Å². The van der Waals surface area contributed by atoms with Crippen LogP contribution in [0.2, 0.25) is 0 Å². The van der Waals surface area contributed by atoms with Gasteiger partial charge in [0.15, 0.2) is 0 Å². The second kappa shape index (κ2) is 8.26. The van der Waals surface area contributed by atoms with Crippen LogP contribution in [0.25, 0.3) is 10.6 Å². The molecule has 138 valence electrons. The number of carbonyl (C=O) groups excluding carboxylic acids is 1. The Labute approximate surface area is 161 Å². The normalized spacial score (nSPS) is 19.4. The fourth-order valence-corrected chi connectivity index (χ4v) is 3.98. The van der Waals surface area contributed by atoms with Gasteiger partial charge in [0.25, 0.3) is 5.91 Å². The van der Waals surface area contributed by atoms with Crippen molar-refractivity contribution in [1.82, 2.24) is 20.3 Å². The minimum absolute atomic E-state index is 0.101. The molecule has 0 aliphatic heterocycles. The summed E-state index contributed by atoms with van der Waals surface area (Å²) in [6, 6.07) is 12.2. The molecule has 0 unspecified atom stereocenters. The van der Waals surface area contributed by atoms with Crippen LogP contribution < -0.4 is 10.1 Å². The first-order valence-electron chi connectivity index (χ1n) is 9.03. The van der Waals surface area contributed by atoms with E-state index >= 15 is 0 Å². The minimum Gasteiger partial charge on any atom is -0.460 e. The molecule has 0 bridgehead atoms. The highest BCUT2D eigenvalue weighted by molar-refractivity contribution is 7.13. The predicted octanol–water partition coefficient (Wildman–Crippen LogP) is 3.72. The highest BCUT2D eigenvalue weighted by atomic mass is 32.1. The van der Waals surface area contributed by atoms with Crippen LogP contribution in [-0.2, 0) is 0 Å². The predicted molar refractivity (Wildman–Crippen MR) is 104 cm³/mol. The number of carbonyl (C=O) groups is 1. The van der Waals surface area contributed by atoms with Gasteiger partial charge >= 0.3 is 6.01 Å². The monoisotopic (exact) mass is 380 g/mol. The lowest BCUT2D eigenvalue weighted by atomic mass is 9.93. The SMILES string of the molecule is O=C(NC1CCC(Oc2ncccn2)CC1)c1csc(-c2ccccc2)n1. The number of rotatable bonds is 5. The van der Waals surface area contributed by atoms with Gasteiger partial charge < -0.3 is 10.1 Å². The van der Waals surface area contributed by atoms with E-state index in [9.17, 15) is 4.79 Å². The van der Waals surface area contributed by atoms with Crippen molar-refractivity contribution < 1.29 is 9.53 Å². The zero-order valence-electron chi connectivity index (χ0n) is 14.7. The Morgan fingerprint density at radius 3 is 2.52 bits per heavy atom. The zero-order valence-corrected chi connectivity index (χ0v) is 15.6. The summed E-state index contributed by atoms with van der Waals surface area (Å²) in [6.45, 7) is 0. The Hall–Kier alpha value is -2.80. The maximum absolute atomic E-state index is 12.5. The van der Waals surface area contributed by atoms with Gasteiger partial charge in [-0.1, -0.05) is 30.3 Å². The van der Waals surface area contributed by atoms with E-state index in [-0.39, 0.29) is 18.1 Å². The fourth-order valence-electron chi connectivity index (χ4n) is 3.17. The Morgan fingerprint density at radius 2 is 1.78 bits per heavy atom. The molecule has 0 radical (unpaired) electrons. The van der Waals surface area contributed by atoms with Crippen molar-refractivity contribution in [3.05, 3.63) is 59.9 Å². The van der Waals surface area contributed by atoms with E-state index in [0.29, 0.717) is 11.7 Å². The topological polar surface area (TPSA) is 77.0 Å². The number of nitrogens with one attached hydrogen (secondary N) is 1. The molecule has 1 aliphatic carbocycles. The highest BCUT2D eigenvalue weighted by Gasteiger charge is 2.25. The number of benzene rings is 1. The number of aromatic nitrogens is 3. The van der Waals surface area contributed by atoms with Crippen LogP contribution in [0.3, 0.4) is 0 Å². The lowest BCUT2D eigenvalue weighted by Crippen LogP contribution is -2.39. The van der Waals surface area contributed by atoms with E-state index < -0.39 is 0 Å². The average Bonchev–Trinajstić information content (AvgIpc) is 3.21. The first-order valence-corrected chi connectivity index (χ1v) is 9.91. The molecule has 1 aromatic carbocycles. The molecule has 6 nitrogen and oxygen atoms in total. The maximum atomic E-state index is 12.5. The molecule has 4 rings (SSSR count). The van der Waals surface area contributed by atoms with Crippen LogP contribution in [0.4, 0.5) is 0 Å². The lowest BCUT2D eigenvalue weighted by Gasteiger charge is -2.28. The van der Waals surface area contributed by atoms with Crippen molar-refractivity contribution in [1.29, 1.82) is 0 Å². The summed E-state index contributed by atoms with van der Waals surface area (Å²) < 4.78 is 5.80. The van der Waals surface area contributed by atoms with E-state index in [0.717, 1.165) is 36.3 Å². The molecule has 1 fully saturated rings. The number of hydrogen-bond acceptors (Lipinski definition) is 6. The summed E-state index contributed by atoms with van der Waals surface area (Å²) in [5.74, 6) is -0.107.